The summed E-state index contributed by atoms with van der Waals surface area (Å²) in [6, 6.07) is 17.7. The Balaban J connectivity index is 2.19. The molecule has 0 radical (unpaired) electrons. The van der Waals surface area contributed by atoms with Crippen LogP contribution in [0.5, 0.6) is 5.75 Å². The van der Waals surface area contributed by atoms with Gasteiger partial charge in [0.25, 0.3) is 0 Å². The number of hydrogen-bond acceptors (Lipinski definition) is 4. The average Bonchev–Trinajstić information content (AvgIpc) is 2.64. The van der Waals surface area contributed by atoms with E-state index in [1.807, 2.05) is 89.2 Å². The van der Waals surface area contributed by atoms with E-state index in [0.717, 1.165) is 16.9 Å². The normalized spacial score (nSPS) is 15.2. The van der Waals surface area contributed by atoms with E-state index in [-0.39, 0.29) is 16.9 Å². The molecule has 0 aromatic heterocycles. The molecular weight excluding hydrogens is 358 g/mol. The van der Waals surface area contributed by atoms with Crippen molar-refractivity contribution >= 4 is 11.4 Å². The molecule has 27 heavy (non-hydrogen) atoms. The van der Waals surface area contributed by atoms with Crippen LogP contribution in [0, 0.1) is 0 Å². The fraction of sp³-hybridized carbons (Fsp3) is 0.455. The summed E-state index contributed by atoms with van der Waals surface area (Å²) in [6.45, 7) is 11.0. The van der Waals surface area contributed by atoms with E-state index in [9.17, 15) is 4.55 Å². The SMILES string of the molecule is CCOc1cccc(C(N[S@@+]([O-])C(C)(C)C)C(C)OCc2ccccc2)c1. The Hall–Kier alpha value is -1.53. The lowest BCUT2D eigenvalue weighted by Crippen LogP contribution is -2.44. The first-order chi connectivity index (χ1) is 12.8. The monoisotopic (exact) mass is 389 g/mol. The smallest absolute Gasteiger partial charge is 0.136 e. The van der Waals surface area contributed by atoms with Crippen LogP contribution in [0.25, 0.3) is 0 Å². The molecule has 0 bridgehead atoms. The number of benzene rings is 2. The van der Waals surface area contributed by atoms with Crippen molar-refractivity contribution in [3.63, 3.8) is 0 Å². The van der Waals surface area contributed by atoms with Gasteiger partial charge in [-0.1, -0.05) is 42.5 Å². The van der Waals surface area contributed by atoms with Gasteiger partial charge in [-0.05, 0) is 57.9 Å². The zero-order valence-electron chi connectivity index (χ0n) is 16.9. The molecule has 0 spiro atoms. The van der Waals surface area contributed by atoms with Crippen LogP contribution in [-0.2, 0) is 22.7 Å². The minimum Gasteiger partial charge on any atom is -0.598 e. The Morgan fingerprint density at radius 2 is 1.78 bits per heavy atom. The maximum absolute atomic E-state index is 12.8. The fourth-order valence-corrected chi connectivity index (χ4v) is 3.50. The zero-order valence-corrected chi connectivity index (χ0v) is 17.7. The Morgan fingerprint density at radius 1 is 1.07 bits per heavy atom. The Bertz CT molecular complexity index is 687. The zero-order chi connectivity index (χ0) is 19.9. The summed E-state index contributed by atoms with van der Waals surface area (Å²) in [5.74, 6) is 0.804. The summed E-state index contributed by atoms with van der Waals surface area (Å²) < 4.78 is 27.4. The maximum Gasteiger partial charge on any atom is 0.136 e. The average molecular weight is 390 g/mol. The van der Waals surface area contributed by atoms with Crippen LogP contribution < -0.4 is 9.46 Å². The minimum atomic E-state index is -1.22. The lowest BCUT2D eigenvalue weighted by Gasteiger charge is -2.31. The molecule has 0 fully saturated rings. The fourth-order valence-electron chi connectivity index (χ4n) is 2.59. The van der Waals surface area contributed by atoms with Gasteiger partial charge >= 0.3 is 0 Å². The molecule has 0 aliphatic heterocycles. The van der Waals surface area contributed by atoms with E-state index >= 15 is 0 Å². The van der Waals surface area contributed by atoms with Gasteiger partial charge in [0.15, 0.2) is 0 Å². The third-order valence-electron chi connectivity index (χ3n) is 4.14. The van der Waals surface area contributed by atoms with Crippen LogP contribution in [0.4, 0.5) is 0 Å². The predicted octanol–water partition coefficient (Wildman–Crippen LogP) is 4.78. The quantitative estimate of drug-likeness (QED) is 0.627. The summed E-state index contributed by atoms with van der Waals surface area (Å²) in [7, 11) is 0. The minimum absolute atomic E-state index is 0.173. The highest BCUT2D eigenvalue weighted by Gasteiger charge is 2.32. The van der Waals surface area contributed by atoms with Gasteiger partial charge in [-0.3, -0.25) is 0 Å². The molecule has 2 aromatic carbocycles. The molecule has 2 unspecified atom stereocenters. The molecule has 148 valence electrons. The van der Waals surface area contributed by atoms with Gasteiger partial charge in [0, 0.05) is 11.4 Å². The van der Waals surface area contributed by atoms with Crippen LogP contribution in [0.15, 0.2) is 54.6 Å². The van der Waals surface area contributed by atoms with E-state index in [1.165, 1.54) is 0 Å². The van der Waals surface area contributed by atoms with Crippen molar-refractivity contribution in [2.45, 2.75) is 58.1 Å². The number of rotatable bonds is 9. The van der Waals surface area contributed by atoms with Crippen molar-refractivity contribution in [2.24, 2.45) is 0 Å². The predicted molar refractivity (Wildman–Crippen MR) is 112 cm³/mol. The largest absolute Gasteiger partial charge is 0.598 e. The van der Waals surface area contributed by atoms with E-state index in [0.29, 0.717) is 13.2 Å². The molecule has 2 aromatic rings. The standard InChI is InChI=1S/C22H31NO3S/c1-6-25-20-14-10-13-19(15-20)21(23-27(24)22(3,4)5)17(2)26-16-18-11-8-7-9-12-18/h7-15,17,21,23H,6,16H2,1-5H3/t17?,21?,27-/m0/s1. The number of nitrogens with one attached hydrogen (secondary N) is 1. The molecule has 0 aliphatic carbocycles. The first-order valence-corrected chi connectivity index (χ1v) is 10.5. The van der Waals surface area contributed by atoms with Crippen molar-refractivity contribution in [3.8, 4) is 5.75 Å². The van der Waals surface area contributed by atoms with Gasteiger partial charge in [-0.25, -0.2) is 0 Å². The lowest BCUT2D eigenvalue weighted by molar-refractivity contribution is 0.0317. The van der Waals surface area contributed by atoms with Crippen LogP contribution >= 0.6 is 0 Å². The van der Waals surface area contributed by atoms with Crippen LogP contribution in [0.1, 0.15) is 51.8 Å². The Kier molecular flexibility index (Phi) is 8.17. The number of hydrogen-bond donors (Lipinski definition) is 1. The van der Waals surface area contributed by atoms with Crippen LogP contribution in [0.3, 0.4) is 0 Å². The molecule has 0 aliphatic rings. The maximum atomic E-state index is 12.8. The van der Waals surface area contributed by atoms with Crippen molar-refractivity contribution in [1.29, 1.82) is 0 Å². The third kappa shape index (κ3) is 6.85. The first kappa shape index (κ1) is 21.8. The van der Waals surface area contributed by atoms with Crippen molar-refractivity contribution < 1.29 is 14.0 Å². The molecule has 2 rings (SSSR count). The topological polar surface area (TPSA) is 53.5 Å². The van der Waals surface area contributed by atoms with Crippen LogP contribution in [-0.4, -0.2) is 22.0 Å². The molecule has 1 N–H and O–H groups in total. The molecule has 4 nitrogen and oxygen atoms in total. The molecule has 3 atom stereocenters. The summed E-state index contributed by atoms with van der Waals surface area (Å²) in [6.07, 6.45) is -0.173. The highest BCUT2D eigenvalue weighted by molar-refractivity contribution is 7.90. The van der Waals surface area contributed by atoms with Gasteiger partial charge in [0.1, 0.15) is 16.5 Å². The van der Waals surface area contributed by atoms with Gasteiger partial charge in [0.05, 0.1) is 19.3 Å². The number of ether oxygens (including phenoxy) is 2. The van der Waals surface area contributed by atoms with E-state index in [4.69, 9.17) is 9.47 Å². The van der Waals surface area contributed by atoms with Crippen LogP contribution in [0.2, 0.25) is 0 Å². The van der Waals surface area contributed by atoms with Crippen molar-refractivity contribution in [2.75, 3.05) is 6.61 Å². The van der Waals surface area contributed by atoms with Crippen molar-refractivity contribution in [3.05, 3.63) is 65.7 Å². The molecule has 0 amide bonds. The summed E-state index contributed by atoms with van der Waals surface area (Å²) in [5.41, 5.74) is 2.11. The summed E-state index contributed by atoms with van der Waals surface area (Å²) in [4.78, 5) is 0. The third-order valence-corrected chi connectivity index (χ3v) is 5.72. The molecular formula is C22H31NO3S. The van der Waals surface area contributed by atoms with Crippen molar-refractivity contribution in [1.82, 2.24) is 4.72 Å². The second-order valence-electron chi connectivity index (χ2n) is 7.48. The first-order valence-electron chi connectivity index (χ1n) is 9.37. The highest BCUT2D eigenvalue weighted by atomic mass is 32.2. The Morgan fingerprint density at radius 3 is 2.41 bits per heavy atom. The van der Waals surface area contributed by atoms with E-state index in [1.54, 1.807) is 0 Å². The molecule has 0 saturated heterocycles. The lowest BCUT2D eigenvalue weighted by atomic mass is 10.0. The van der Waals surface area contributed by atoms with Gasteiger partial charge in [-0.2, -0.15) is 0 Å². The molecule has 0 heterocycles. The highest BCUT2D eigenvalue weighted by Crippen LogP contribution is 2.27. The molecule has 5 heteroatoms. The summed E-state index contributed by atoms with van der Waals surface area (Å²) in [5, 5.41) is 0. The second kappa shape index (κ2) is 10.1. The Labute approximate surface area is 166 Å². The second-order valence-corrected chi connectivity index (χ2v) is 9.48. The van der Waals surface area contributed by atoms with E-state index in [2.05, 4.69) is 4.72 Å². The summed E-state index contributed by atoms with van der Waals surface area (Å²) >= 11 is -1.22. The van der Waals surface area contributed by atoms with E-state index < -0.39 is 11.4 Å². The van der Waals surface area contributed by atoms with Gasteiger partial charge in [0.2, 0.25) is 0 Å². The molecule has 0 saturated carbocycles. The van der Waals surface area contributed by atoms with Gasteiger partial charge in [-0.15, -0.1) is 4.72 Å². The van der Waals surface area contributed by atoms with Gasteiger partial charge < -0.3 is 14.0 Å².